The van der Waals surface area contributed by atoms with E-state index in [1.54, 1.807) is 33.0 Å². The van der Waals surface area contributed by atoms with E-state index in [9.17, 15) is 10.1 Å². The molecule has 0 aliphatic carbocycles. The van der Waals surface area contributed by atoms with Crippen molar-refractivity contribution in [3.63, 3.8) is 0 Å². The smallest absolute Gasteiger partial charge is 0.321 e. The van der Waals surface area contributed by atoms with Gasteiger partial charge in [-0.2, -0.15) is 5.26 Å². The van der Waals surface area contributed by atoms with Crippen LogP contribution < -0.4 is 0 Å². The number of ether oxygens (including phenoxy) is 1. The van der Waals surface area contributed by atoms with Crippen LogP contribution in [0.3, 0.4) is 0 Å². The number of benzene rings is 3. The lowest BCUT2D eigenvalue weighted by atomic mass is 9.93. The van der Waals surface area contributed by atoms with Crippen molar-refractivity contribution in [1.82, 2.24) is 4.98 Å². The summed E-state index contributed by atoms with van der Waals surface area (Å²) in [6.45, 7) is 5.57. The van der Waals surface area contributed by atoms with E-state index in [0.717, 1.165) is 21.9 Å². The Morgan fingerprint density at radius 2 is 1.81 bits per heavy atom. The van der Waals surface area contributed by atoms with Gasteiger partial charge in [-0.3, -0.25) is 9.78 Å². The molecule has 0 fully saturated rings. The predicted octanol–water partition coefficient (Wildman–Crippen LogP) is 6.50. The van der Waals surface area contributed by atoms with Crippen LogP contribution in [0.25, 0.3) is 32.7 Å². The van der Waals surface area contributed by atoms with Crippen LogP contribution in [0.2, 0.25) is 0 Å². The fourth-order valence-electron chi connectivity index (χ4n) is 3.75. The Hall–Kier alpha value is -3.43. The molecule has 0 N–H and O–H groups in total. The minimum atomic E-state index is -0.871. The first kappa shape index (κ1) is 21.8. The lowest BCUT2D eigenvalue weighted by Gasteiger charge is -2.22. The second-order valence-electron chi connectivity index (χ2n) is 7.84. The van der Waals surface area contributed by atoms with Gasteiger partial charge in [0.1, 0.15) is 10.6 Å². The van der Waals surface area contributed by atoms with Crippen LogP contribution in [0.4, 0.5) is 4.39 Å². The van der Waals surface area contributed by atoms with Crippen molar-refractivity contribution in [2.75, 3.05) is 6.61 Å². The van der Waals surface area contributed by atoms with Gasteiger partial charge in [-0.1, -0.05) is 30.3 Å². The summed E-state index contributed by atoms with van der Waals surface area (Å²) in [5, 5.41) is 12.3. The predicted molar refractivity (Wildman–Crippen MR) is 126 cm³/mol. The summed E-state index contributed by atoms with van der Waals surface area (Å²) in [4.78, 5) is 17.2. The Bertz CT molecular complexity index is 1390. The second-order valence-corrected chi connectivity index (χ2v) is 9.53. The van der Waals surface area contributed by atoms with Crippen molar-refractivity contribution in [2.24, 2.45) is 0 Å². The Morgan fingerprint density at radius 3 is 2.53 bits per heavy atom. The first-order valence-electron chi connectivity index (χ1n) is 10.2. The van der Waals surface area contributed by atoms with Crippen LogP contribution >= 0.6 is 11.8 Å². The highest BCUT2D eigenvalue weighted by molar-refractivity contribution is 8.01. The molecule has 160 valence electrons. The molecule has 4 nitrogen and oxygen atoms in total. The summed E-state index contributed by atoms with van der Waals surface area (Å²) in [6.07, 6.45) is 3.21. The van der Waals surface area contributed by atoms with Gasteiger partial charge in [-0.05, 0) is 55.3 Å². The first-order valence-corrected chi connectivity index (χ1v) is 11.0. The highest BCUT2D eigenvalue weighted by Gasteiger charge is 2.31. The van der Waals surface area contributed by atoms with Crippen LogP contribution in [0.5, 0.6) is 0 Å². The fraction of sp³-hybridized carbons (Fsp3) is 0.192. The highest BCUT2D eigenvalue weighted by Crippen LogP contribution is 2.40. The Balaban J connectivity index is 1.91. The minimum Gasteiger partial charge on any atom is -0.465 e. The van der Waals surface area contributed by atoms with E-state index in [1.165, 1.54) is 24.0 Å². The Kier molecular flexibility index (Phi) is 5.86. The highest BCUT2D eigenvalue weighted by atomic mass is 32.2. The zero-order valence-electron chi connectivity index (χ0n) is 18.0. The molecule has 0 unspecified atom stereocenters. The van der Waals surface area contributed by atoms with Crippen molar-refractivity contribution in [3.05, 3.63) is 72.3 Å². The summed E-state index contributed by atoms with van der Waals surface area (Å²) >= 11 is 1.26. The van der Waals surface area contributed by atoms with E-state index in [2.05, 4.69) is 11.1 Å². The zero-order chi connectivity index (χ0) is 22.9. The number of thioether (sulfide) groups is 1. The minimum absolute atomic E-state index is 0.288. The molecule has 0 radical (unpaired) electrons. The molecular weight excluding hydrogens is 423 g/mol. The molecule has 1 aromatic heterocycles. The lowest BCUT2D eigenvalue weighted by Crippen LogP contribution is -2.29. The quantitative estimate of drug-likeness (QED) is 0.260. The molecule has 4 aromatic rings. The number of carbonyl (C=O) groups excluding carboxylic acids is 1. The maximum atomic E-state index is 15.1. The number of pyridine rings is 1. The monoisotopic (exact) mass is 444 g/mol. The number of carbonyl (C=O) groups is 1. The number of aromatic nitrogens is 1. The molecular formula is C26H21FN2O2S. The standard InChI is InChI=1S/C26H21FN2O2S/c1-4-31-25(30)26(2,3)32-17-11-21-22(14-29-15-23(21)24(27)12-17)20-10-9-16(13-28)18-7-5-6-8-19(18)20/h5-12,14-15H,4H2,1-3H3. The van der Waals surface area contributed by atoms with Crippen LogP contribution in [0.1, 0.15) is 26.3 Å². The Morgan fingerprint density at radius 1 is 1.06 bits per heavy atom. The largest absolute Gasteiger partial charge is 0.465 e. The van der Waals surface area contributed by atoms with Crippen LogP contribution in [-0.2, 0) is 9.53 Å². The summed E-state index contributed by atoms with van der Waals surface area (Å²) < 4.78 is 19.4. The Labute approximate surface area is 190 Å². The van der Waals surface area contributed by atoms with Crippen LogP contribution in [0.15, 0.2) is 65.8 Å². The van der Waals surface area contributed by atoms with Gasteiger partial charge >= 0.3 is 5.97 Å². The third-order valence-corrected chi connectivity index (χ3v) is 6.42. The molecule has 0 spiro atoms. The molecule has 3 aromatic carbocycles. The molecule has 0 bridgehead atoms. The van der Waals surface area contributed by atoms with Gasteiger partial charge in [-0.25, -0.2) is 4.39 Å². The third-order valence-electron chi connectivity index (χ3n) is 5.28. The topological polar surface area (TPSA) is 63.0 Å². The molecule has 6 heteroatoms. The van der Waals surface area contributed by atoms with E-state index < -0.39 is 10.6 Å². The summed E-state index contributed by atoms with van der Waals surface area (Å²) in [5.74, 6) is -0.754. The lowest BCUT2D eigenvalue weighted by molar-refractivity contribution is -0.145. The average Bonchev–Trinajstić information content (AvgIpc) is 2.78. The fourth-order valence-corrected chi connectivity index (χ4v) is 4.82. The summed E-state index contributed by atoms with van der Waals surface area (Å²) in [6, 6.07) is 16.8. The molecule has 0 atom stereocenters. The number of esters is 1. The number of hydrogen-bond donors (Lipinski definition) is 0. The number of hydrogen-bond acceptors (Lipinski definition) is 5. The zero-order valence-corrected chi connectivity index (χ0v) is 18.8. The molecule has 1 heterocycles. The van der Waals surface area contributed by atoms with Gasteiger partial charge in [0.2, 0.25) is 0 Å². The molecule has 0 saturated carbocycles. The number of nitrogens with zero attached hydrogens (tertiary/aromatic N) is 2. The summed E-state index contributed by atoms with van der Waals surface area (Å²) in [5.41, 5.74) is 2.21. The van der Waals surface area contributed by atoms with Gasteiger partial charge in [-0.15, -0.1) is 11.8 Å². The van der Waals surface area contributed by atoms with E-state index in [4.69, 9.17) is 4.74 Å². The molecule has 0 aliphatic rings. The van der Waals surface area contributed by atoms with Crippen molar-refractivity contribution < 1.29 is 13.9 Å². The van der Waals surface area contributed by atoms with E-state index >= 15 is 4.39 Å². The maximum absolute atomic E-state index is 15.1. The normalized spacial score (nSPS) is 11.5. The molecule has 4 rings (SSSR count). The average molecular weight is 445 g/mol. The molecule has 0 saturated heterocycles. The van der Waals surface area contributed by atoms with Crippen molar-refractivity contribution >= 4 is 39.3 Å². The van der Waals surface area contributed by atoms with Crippen LogP contribution in [-0.4, -0.2) is 22.3 Å². The van der Waals surface area contributed by atoms with Gasteiger partial charge in [0.25, 0.3) is 0 Å². The molecule has 0 aliphatic heterocycles. The van der Waals surface area contributed by atoms with Crippen molar-refractivity contribution in [1.29, 1.82) is 5.26 Å². The first-order chi connectivity index (χ1) is 15.4. The SMILES string of the molecule is CCOC(=O)C(C)(C)Sc1cc(F)c2cncc(-c3ccc(C#N)c4ccccc34)c2c1. The van der Waals surface area contributed by atoms with Crippen LogP contribution in [0, 0.1) is 17.1 Å². The second kappa shape index (κ2) is 8.60. The van der Waals surface area contributed by atoms with Gasteiger partial charge in [0, 0.05) is 33.6 Å². The maximum Gasteiger partial charge on any atom is 0.321 e. The van der Waals surface area contributed by atoms with E-state index in [1.807, 2.05) is 36.4 Å². The summed E-state index contributed by atoms with van der Waals surface area (Å²) in [7, 11) is 0. The van der Waals surface area contributed by atoms with E-state index in [-0.39, 0.29) is 12.6 Å². The van der Waals surface area contributed by atoms with Crippen molar-refractivity contribution in [3.8, 4) is 17.2 Å². The van der Waals surface area contributed by atoms with Gasteiger partial charge in [0.05, 0.1) is 18.2 Å². The number of fused-ring (bicyclic) bond motifs is 2. The number of rotatable bonds is 5. The number of halogens is 1. The molecule has 32 heavy (non-hydrogen) atoms. The molecule has 0 amide bonds. The third kappa shape index (κ3) is 3.92. The number of nitriles is 1. The van der Waals surface area contributed by atoms with Gasteiger partial charge < -0.3 is 4.74 Å². The van der Waals surface area contributed by atoms with Crippen molar-refractivity contribution in [2.45, 2.75) is 30.4 Å². The van der Waals surface area contributed by atoms with E-state index in [0.29, 0.717) is 21.2 Å². The van der Waals surface area contributed by atoms with Gasteiger partial charge in [0.15, 0.2) is 0 Å².